The summed E-state index contributed by atoms with van der Waals surface area (Å²) in [6.45, 7) is 1.13. The topological polar surface area (TPSA) is 99.8 Å². The minimum Gasteiger partial charge on any atom is -0.480 e. The first-order chi connectivity index (χ1) is 9.08. The maximum Gasteiger partial charge on any atom is 0.323 e. The van der Waals surface area contributed by atoms with Crippen molar-refractivity contribution in [3.63, 3.8) is 0 Å². The number of hydrogen-bond acceptors (Lipinski definition) is 7. The van der Waals surface area contributed by atoms with Gasteiger partial charge >= 0.3 is 5.97 Å². The molecule has 0 aliphatic rings. The average molecular weight is 265 g/mol. The molecule has 2 aromatic heterocycles. The van der Waals surface area contributed by atoms with Crippen LogP contribution in [0.3, 0.4) is 0 Å². The van der Waals surface area contributed by atoms with Gasteiger partial charge < -0.3 is 14.9 Å². The summed E-state index contributed by atoms with van der Waals surface area (Å²) in [6.07, 6.45) is 3.08. The molecule has 2 heterocycles. The zero-order valence-corrected chi connectivity index (χ0v) is 10.8. The highest BCUT2D eigenvalue weighted by atomic mass is 16.4. The smallest absolute Gasteiger partial charge is 0.323 e. The summed E-state index contributed by atoms with van der Waals surface area (Å²) in [5.74, 6) is -0.351. The summed E-state index contributed by atoms with van der Waals surface area (Å²) in [7, 11) is 3.85. The first kappa shape index (κ1) is 13.1. The van der Waals surface area contributed by atoms with Crippen LogP contribution < -0.4 is 4.90 Å². The number of hydrogen-bond donors (Lipinski definition) is 1. The number of carbonyl (C=O) groups is 1. The maximum atomic E-state index is 11.0. The van der Waals surface area contributed by atoms with Crippen LogP contribution in [0.1, 0.15) is 0 Å². The van der Waals surface area contributed by atoms with E-state index in [4.69, 9.17) is 5.11 Å². The second kappa shape index (κ2) is 5.57. The number of aromatic nitrogens is 5. The van der Waals surface area contributed by atoms with Gasteiger partial charge in [0.1, 0.15) is 6.54 Å². The highest BCUT2D eigenvalue weighted by molar-refractivity contribution is 5.73. The molecule has 0 fully saturated rings. The Hall–Kier alpha value is -2.29. The molecule has 0 saturated heterocycles. The summed E-state index contributed by atoms with van der Waals surface area (Å²) in [5, 5.41) is 20.2. The van der Waals surface area contributed by atoms with Gasteiger partial charge in [0.05, 0.1) is 12.4 Å². The van der Waals surface area contributed by atoms with Gasteiger partial charge in [-0.1, -0.05) is 0 Å². The van der Waals surface area contributed by atoms with Crippen molar-refractivity contribution < 1.29 is 9.90 Å². The van der Waals surface area contributed by atoms with E-state index in [9.17, 15) is 4.79 Å². The molecule has 2 rings (SSSR count). The number of rotatable bonds is 6. The Kier molecular flexibility index (Phi) is 3.85. The van der Waals surface area contributed by atoms with Crippen LogP contribution in [0.15, 0.2) is 12.4 Å². The van der Waals surface area contributed by atoms with Crippen LogP contribution >= 0.6 is 0 Å². The Morgan fingerprint density at radius 2 is 2.16 bits per heavy atom. The molecule has 0 unspecified atom stereocenters. The van der Waals surface area contributed by atoms with Gasteiger partial charge in [-0.2, -0.15) is 4.52 Å². The number of carboxylic acids is 1. The van der Waals surface area contributed by atoms with E-state index in [1.165, 1.54) is 10.7 Å². The van der Waals surface area contributed by atoms with E-state index < -0.39 is 5.97 Å². The van der Waals surface area contributed by atoms with Crippen LogP contribution in [0.25, 0.3) is 5.65 Å². The molecule has 2 aromatic rings. The molecule has 19 heavy (non-hydrogen) atoms. The molecule has 0 spiro atoms. The zero-order chi connectivity index (χ0) is 13.8. The monoisotopic (exact) mass is 265 g/mol. The molecule has 1 N–H and O–H groups in total. The summed E-state index contributed by atoms with van der Waals surface area (Å²) in [4.78, 5) is 18.6. The Balaban J connectivity index is 2.30. The lowest BCUT2D eigenvalue weighted by Gasteiger charge is -2.23. The molecule has 9 heteroatoms. The van der Waals surface area contributed by atoms with Crippen molar-refractivity contribution in [2.75, 3.05) is 38.6 Å². The standard InChI is InChI=1S/C10H15N7O2/c1-15(2)3-4-16(7-10(18)19)9-6-11-5-8-12-13-14-17(8)9/h5-6H,3-4,7H2,1-2H3,(H,18,19). The molecule has 0 atom stereocenters. The Morgan fingerprint density at radius 1 is 1.37 bits per heavy atom. The van der Waals surface area contributed by atoms with E-state index in [-0.39, 0.29) is 6.54 Å². The molecule has 0 radical (unpaired) electrons. The number of tetrazole rings is 1. The van der Waals surface area contributed by atoms with Gasteiger partial charge in [0, 0.05) is 13.1 Å². The first-order valence-corrected chi connectivity index (χ1v) is 5.71. The van der Waals surface area contributed by atoms with Gasteiger partial charge in [0.15, 0.2) is 11.5 Å². The Labute approximate surface area is 109 Å². The zero-order valence-electron chi connectivity index (χ0n) is 10.8. The predicted octanol–water partition coefficient (Wildman–Crippen LogP) is -1.03. The third kappa shape index (κ3) is 3.13. The minimum absolute atomic E-state index is 0.130. The number of likely N-dealkylation sites (N-methyl/N-ethyl adjacent to an activating group) is 1. The molecule has 0 bridgehead atoms. The molecular weight excluding hydrogens is 250 g/mol. The second-order valence-corrected chi connectivity index (χ2v) is 4.33. The highest BCUT2D eigenvalue weighted by Crippen LogP contribution is 2.12. The van der Waals surface area contributed by atoms with E-state index in [0.717, 1.165) is 0 Å². The molecule has 0 aliphatic heterocycles. The van der Waals surface area contributed by atoms with Gasteiger partial charge in [-0.15, -0.1) is 5.10 Å². The van der Waals surface area contributed by atoms with Gasteiger partial charge in [0.2, 0.25) is 0 Å². The number of fused-ring (bicyclic) bond motifs is 1. The van der Waals surface area contributed by atoms with E-state index in [2.05, 4.69) is 20.5 Å². The summed E-state index contributed by atoms with van der Waals surface area (Å²) in [5.41, 5.74) is 0.484. The van der Waals surface area contributed by atoms with Crippen LogP contribution in [0.5, 0.6) is 0 Å². The molecule has 0 aromatic carbocycles. The number of nitrogens with zero attached hydrogens (tertiary/aromatic N) is 7. The second-order valence-electron chi connectivity index (χ2n) is 4.33. The van der Waals surface area contributed by atoms with Crippen molar-refractivity contribution in [1.82, 2.24) is 29.9 Å². The molecule has 9 nitrogen and oxygen atoms in total. The quantitative estimate of drug-likeness (QED) is 0.708. The molecule has 0 saturated carbocycles. The third-order valence-electron chi connectivity index (χ3n) is 2.56. The summed E-state index contributed by atoms with van der Waals surface area (Å²) >= 11 is 0. The van der Waals surface area contributed by atoms with Crippen LogP contribution in [-0.2, 0) is 4.79 Å². The van der Waals surface area contributed by atoms with Crippen LogP contribution in [0.4, 0.5) is 5.82 Å². The third-order valence-corrected chi connectivity index (χ3v) is 2.56. The fraction of sp³-hybridized carbons (Fsp3) is 0.500. The lowest BCUT2D eigenvalue weighted by atomic mass is 10.4. The van der Waals surface area contributed by atoms with E-state index in [1.807, 2.05) is 19.0 Å². The number of carboxylic acid groups (broad SMARTS) is 1. The summed E-state index contributed by atoms with van der Waals surface area (Å²) in [6, 6.07) is 0. The van der Waals surface area contributed by atoms with Crippen LogP contribution in [0.2, 0.25) is 0 Å². The van der Waals surface area contributed by atoms with Gasteiger partial charge in [-0.05, 0) is 24.5 Å². The maximum absolute atomic E-state index is 11.0. The van der Waals surface area contributed by atoms with Gasteiger partial charge in [-0.25, -0.2) is 0 Å². The number of anilines is 1. The predicted molar refractivity (Wildman–Crippen MR) is 67.0 cm³/mol. The normalized spacial score (nSPS) is 11.1. The number of aliphatic carboxylic acids is 1. The van der Waals surface area contributed by atoms with Gasteiger partial charge in [0.25, 0.3) is 0 Å². The van der Waals surface area contributed by atoms with Crippen molar-refractivity contribution >= 4 is 17.4 Å². The van der Waals surface area contributed by atoms with Crippen molar-refractivity contribution in [2.24, 2.45) is 0 Å². The fourth-order valence-electron chi connectivity index (χ4n) is 1.64. The molecule has 102 valence electrons. The average Bonchev–Trinajstić information content (AvgIpc) is 2.81. The van der Waals surface area contributed by atoms with Crippen LogP contribution in [-0.4, -0.2) is 74.7 Å². The van der Waals surface area contributed by atoms with Crippen molar-refractivity contribution in [3.8, 4) is 0 Å². The molecular formula is C10H15N7O2. The molecule has 0 aliphatic carbocycles. The summed E-state index contributed by atoms with van der Waals surface area (Å²) < 4.78 is 1.48. The van der Waals surface area contributed by atoms with Crippen molar-refractivity contribution in [1.29, 1.82) is 0 Å². The first-order valence-electron chi connectivity index (χ1n) is 5.71. The van der Waals surface area contributed by atoms with Crippen molar-refractivity contribution in [2.45, 2.75) is 0 Å². The Bertz CT molecular complexity index is 568. The van der Waals surface area contributed by atoms with Crippen LogP contribution in [0, 0.1) is 0 Å². The van der Waals surface area contributed by atoms with Gasteiger partial charge in [-0.3, -0.25) is 9.78 Å². The van der Waals surface area contributed by atoms with E-state index in [1.54, 1.807) is 11.1 Å². The van der Waals surface area contributed by atoms with E-state index >= 15 is 0 Å². The SMILES string of the molecule is CN(C)CCN(CC(=O)O)c1cncc2nnnn12. The van der Waals surface area contributed by atoms with Crippen molar-refractivity contribution in [3.05, 3.63) is 12.4 Å². The highest BCUT2D eigenvalue weighted by Gasteiger charge is 2.15. The Morgan fingerprint density at radius 3 is 2.84 bits per heavy atom. The molecule has 0 amide bonds. The lowest BCUT2D eigenvalue weighted by molar-refractivity contribution is -0.135. The fourth-order valence-corrected chi connectivity index (χ4v) is 1.64. The largest absolute Gasteiger partial charge is 0.480 e. The lowest BCUT2D eigenvalue weighted by Crippen LogP contribution is -2.37. The minimum atomic E-state index is -0.913. The van der Waals surface area contributed by atoms with E-state index in [0.29, 0.717) is 24.6 Å².